The molecule has 4 heteroatoms. The van der Waals surface area contributed by atoms with E-state index in [0.29, 0.717) is 6.54 Å². The Balaban J connectivity index is 2.40. The van der Waals surface area contributed by atoms with E-state index in [1.54, 1.807) is 0 Å². The molecule has 0 saturated carbocycles. The Labute approximate surface area is 87.5 Å². The Hall–Kier alpha value is -1.06. The average Bonchev–Trinajstić information content (AvgIpc) is 2.57. The van der Waals surface area contributed by atoms with Crippen LogP contribution in [0.15, 0.2) is 24.5 Å². The van der Waals surface area contributed by atoms with Gasteiger partial charge in [-0.3, -0.25) is 0 Å². The van der Waals surface area contributed by atoms with E-state index in [2.05, 4.69) is 4.98 Å². The number of halogens is 1. The minimum absolute atomic E-state index is 0.702. The lowest BCUT2D eigenvalue weighted by atomic mass is 10.2. The number of aryl methyl sites for hydroxylation is 1. The van der Waals surface area contributed by atoms with Crippen molar-refractivity contribution in [2.24, 2.45) is 5.73 Å². The van der Waals surface area contributed by atoms with Crippen LogP contribution in [0.5, 0.6) is 0 Å². The zero-order chi connectivity index (χ0) is 9.97. The van der Waals surface area contributed by atoms with Crippen molar-refractivity contribution in [2.75, 3.05) is 6.54 Å². The molecule has 0 radical (unpaired) electrons. The molecule has 2 aromatic rings. The Morgan fingerprint density at radius 3 is 3.07 bits per heavy atom. The standard InChI is InChI=1S/C10H12ClN3/c11-8-3-4-10-13-6-9(2-1-5-12)14(10)7-8/h3-4,6-7H,1-2,5,12H2. The first-order chi connectivity index (χ1) is 6.81. The number of nitrogens with zero attached hydrogens (tertiary/aromatic N) is 2. The molecule has 0 amide bonds. The van der Waals surface area contributed by atoms with Gasteiger partial charge in [-0.05, 0) is 31.5 Å². The van der Waals surface area contributed by atoms with Gasteiger partial charge in [-0.1, -0.05) is 11.6 Å². The van der Waals surface area contributed by atoms with Gasteiger partial charge in [-0.25, -0.2) is 4.98 Å². The van der Waals surface area contributed by atoms with Crippen LogP contribution in [0.3, 0.4) is 0 Å². The predicted octanol–water partition coefficient (Wildman–Crippen LogP) is 1.88. The molecule has 74 valence electrons. The van der Waals surface area contributed by atoms with Gasteiger partial charge in [0, 0.05) is 18.1 Å². The van der Waals surface area contributed by atoms with Crippen LogP contribution in [-0.2, 0) is 6.42 Å². The third-order valence-electron chi connectivity index (χ3n) is 2.18. The molecule has 3 nitrogen and oxygen atoms in total. The quantitative estimate of drug-likeness (QED) is 0.839. The molecule has 2 N–H and O–H groups in total. The summed E-state index contributed by atoms with van der Waals surface area (Å²) in [4.78, 5) is 4.28. The number of rotatable bonds is 3. The predicted molar refractivity (Wildman–Crippen MR) is 57.6 cm³/mol. The summed E-state index contributed by atoms with van der Waals surface area (Å²) in [6.07, 6.45) is 5.68. The van der Waals surface area contributed by atoms with Crippen molar-refractivity contribution in [1.29, 1.82) is 0 Å². The van der Waals surface area contributed by atoms with Crippen molar-refractivity contribution in [3.63, 3.8) is 0 Å². The fraction of sp³-hybridized carbons (Fsp3) is 0.300. The highest BCUT2D eigenvalue weighted by Crippen LogP contribution is 2.13. The summed E-state index contributed by atoms with van der Waals surface area (Å²) < 4.78 is 2.01. The molecule has 0 bridgehead atoms. The zero-order valence-electron chi connectivity index (χ0n) is 7.78. The van der Waals surface area contributed by atoms with Crippen molar-refractivity contribution in [3.8, 4) is 0 Å². The van der Waals surface area contributed by atoms with E-state index >= 15 is 0 Å². The summed E-state index contributed by atoms with van der Waals surface area (Å²) >= 11 is 5.91. The Kier molecular flexibility index (Phi) is 2.70. The van der Waals surface area contributed by atoms with Gasteiger partial charge in [0.15, 0.2) is 0 Å². The maximum atomic E-state index is 5.91. The second-order valence-corrected chi connectivity index (χ2v) is 3.65. The monoisotopic (exact) mass is 209 g/mol. The summed E-state index contributed by atoms with van der Waals surface area (Å²) in [7, 11) is 0. The third-order valence-corrected chi connectivity index (χ3v) is 2.41. The number of imidazole rings is 1. The van der Waals surface area contributed by atoms with Gasteiger partial charge < -0.3 is 10.1 Å². The largest absolute Gasteiger partial charge is 0.330 e. The lowest BCUT2D eigenvalue weighted by Crippen LogP contribution is -2.02. The molecule has 0 aliphatic heterocycles. The maximum absolute atomic E-state index is 5.91. The first-order valence-corrected chi connectivity index (χ1v) is 5.00. The molecular weight excluding hydrogens is 198 g/mol. The molecule has 0 spiro atoms. The summed E-state index contributed by atoms with van der Waals surface area (Å²) in [5.41, 5.74) is 7.56. The Morgan fingerprint density at radius 2 is 2.29 bits per heavy atom. The summed E-state index contributed by atoms with van der Waals surface area (Å²) in [5.74, 6) is 0. The molecule has 0 aromatic carbocycles. The van der Waals surface area contributed by atoms with E-state index in [-0.39, 0.29) is 0 Å². The fourth-order valence-corrected chi connectivity index (χ4v) is 1.63. The van der Waals surface area contributed by atoms with Gasteiger partial charge >= 0.3 is 0 Å². The molecule has 0 atom stereocenters. The summed E-state index contributed by atoms with van der Waals surface area (Å²) in [6, 6.07) is 3.75. The van der Waals surface area contributed by atoms with E-state index in [1.165, 1.54) is 0 Å². The van der Waals surface area contributed by atoms with Crippen LogP contribution in [0, 0.1) is 0 Å². The van der Waals surface area contributed by atoms with Crippen LogP contribution < -0.4 is 5.73 Å². The van der Waals surface area contributed by atoms with Crippen LogP contribution in [0.2, 0.25) is 5.02 Å². The normalized spacial score (nSPS) is 11.0. The van der Waals surface area contributed by atoms with Crippen molar-refractivity contribution >= 4 is 17.2 Å². The SMILES string of the molecule is NCCCc1cnc2ccc(Cl)cn12. The minimum atomic E-state index is 0.702. The van der Waals surface area contributed by atoms with Crippen LogP contribution in [0.25, 0.3) is 5.65 Å². The van der Waals surface area contributed by atoms with Gasteiger partial charge in [-0.2, -0.15) is 0 Å². The first-order valence-electron chi connectivity index (χ1n) is 4.63. The van der Waals surface area contributed by atoms with Gasteiger partial charge in [-0.15, -0.1) is 0 Å². The molecule has 0 fully saturated rings. The van der Waals surface area contributed by atoms with Gasteiger partial charge in [0.1, 0.15) is 5.65 Å². The van der Waals surface area contributed by atoms with Crippen LogP contribution in [0.4, 0.5) is 0 Å². The van der Waals surface area contributed by atoms with Gasteiger partial charge in [0.2, 0.25) is 0 Å². The molecule has 0 aliphatic rings. The number of nitrogens with two attached hydrogens (primary N) is 1. The highest BCUT2D eigenvalue weighted by Gasteiger charge is 2.02. The lowest BCUT2D eigenvalue weighted by Gasteiger charge is -2.00. The smallest absolute Gasteiger partial charge is 0.136 e. The molecule has 14 heavy (non-hydrogen) atoms. The lowest BCUT2D eigenvalue weighted by molar-refractivity contribution is 0.802. The number of hydrogen-bond acceptors (Lipinski definition) is 2. The second kappa shape index (κ2) is 3.98. The van der Waals surface area contributed by atoms with Gasteiger partial charge in [0.25, 0.3) is 0 Å². The summed E-state index contributed by atoms with van der Waals surface area (Å²) in [6.45, 7) is 0.702. The number of pyridine rings is 1. The minimum Gasteiger partial charge on any atom is -0.330 e. The van der Waals surface area contributed by atoms with E-state index in [0.717, 1.165) is 29.2 Å². The molecular formula is C10H12ClN3. The van der Waals surface area contributed by atoms with Crippen molar-refractivity contribution < 1.29 is 0 Å². The zero-order valence-corrected chi connectivity index (χ0v) is 8.54. The first kappa shape index (κ1) is 9.49. The number of fused-ring (bicyclic) bond motifs is 1. The van der Waals surface area contributed by atoms with E-state index in [4.69, 9.17) is 17.3 Å². The summed E-state index contributed by atoms with van der Waals surface area (Å²) in [5, 5.41) is 0.726. The van der Waals surface area contributed by atoms with Crippen LogP contribution in [0.1, 0.15) is 12.1 Å². The molecule has 2 aromatic heterocycles. The molecule has 0 unspecified atom stereocenters. The number of aromatic nitrogens is 2. The van der Waals surface area contributed by atoms with Crippen molar-refractivity contribution in [3.05, 3.63) is 35.2 Å². The van der Waals surface area contributed by atoms with Crippen molar-refractivity contribution in [1.82, 2.24) is 9.38 Å². The molecule has 2 rings (SSSR count). The number of hydrogen-bond donors (Lipinski definition) is 1. The average molecular weight is 210 g/mol. The molecule has 2 heterocycles. The maximum Gasteiger partial charge on any atom is 0.136 e. The highest BCUT2D eigenvalue weighted by atomic mass is 35.5. The van der Waals surface area contributed by atoms with E-state index < -0.39 is 0 Å². The van der Waals surface area contributed by atoms with Gasteiger partial charge in [0.05, 0.1) is 5.02 Å². The Bertz CT molecular complexity index is 436. The molecule has 0 aliphatic carbocycles. The topological polar surface area (TPSA) is 43.3 Å². The third kappa shape index (κ3) is 1.74. The van der Waals surface area contributed by atoms with E-state index in [1.807, 2.05) is 28.9 Å². The Morgan fingerprint density at radius 1 is 1.43 bits per heavy atom. The van der Waals surface area contributed by atoms with Crippen LogP contribution >= 0.6 is 11.6 Å². The molecule has 0 saturated heterocycles. The fourth-order valence-electron chi connectivity index (χ4n) is 1.47. The highest BCUT2D eigenvalue weighted by molar-refractivity contribution is 6.30. The van der Waals surface area contributed by atoms with E-state index in [9.17, 15) is 0 Å². The van der Waals surface area contributed by atoms with Crippen molar-refractivity contribution in [2.45, 2.75) is 12.8 Å². The second-order valence-electron chi connectivity index (χ2n) is 3.22. The van der Waals surface area contributed by atoms with Crippen LogP contribution in [-0.4, -0.2) is 15.9 Å².